The highest BCUT2D eigenvalue weighted by atomic mass is 35.5. The monoisotopic (exact) mass is 317 g/mol. The molecule has 0 unspecified atom stereocenters. The lowest BCUT2D eigenvalue weighted by atomic mass is 10.1. The van der Waals surface area contributed by atoms with Gasteiger partial charge in [0.1, 0.15) is 5.69 Å². The van der Waals surface area contributed by atoms with Crippen molar-refractivity contribution in [1.29, 1.82) is 0 Å². The van der Waals surface area contributed by atoms with E-state index in [0.29, 0.717) is 16.5 Å². The average Bonchev–Trinajstić information content (AvgIpc) is 2.48. The number of halogens is 1. The summed E-state index contributed by atoms with van der Waals surface area (Å²) in [5.74, 6) is 0.360. The average molecular weight is 318 g/mol. The lowest BCUT2D eigenvalue weighted by Crippen LogP contribution is -2.23. The molecule has 0 fully saturated rings. The summed E-state index contributed by atoms with van der Waals surface area (Å²) in [4.78, 5) is 39.4. The Morgan fingerprint density at radius 2 is 1.68 bits per heavy atom. The van der Waals surface area contributed by atoms with Crippen molar-refractivity contribution in [3.05, 3.63) is 50.0 Å². The predicted octanol–water partition coefficient (Wildman–Crippen LogP) is 1.39. The number of H-pyrrole nitrogens is 2. The molecule has 0 aliphatic carbocycles. The Bertz CT molecular complexity index is 960. The molecule has 3 aromatic rings. The lowest BCUT2D eigenvalue weighted by Gasteiger charge is -2.10. The van der Waals surface area contributed by atoms with Crippen molar-refractivity contribution in [2.24, 2.45) is 0 Å². The molecular weight excluding hydrogens is 306 g/mol. The highest BCUT2D eigenvalue weighted by Crippen LogP contribution is 2.17. The van der Waals surface area contributed by atoms with E-state index in [-0.39, 0.29) is 16.9 Å². The van der Waals surface area contributed by atoms with E-state index < -0.39 is 11.1 Å². The molecule has 2 N–H and O–H groups in total. The molecule has 0 saturated carbocycles. The Hall–Kier alpha value is -2.67. The van der Waals surface area contributed by atoms with Crippen molar-refractivity contribution in [1.82, 2.24) is 19.9 Å². The van der Waals surface area contributed by atoms with Gasteiger partial charge in [-0.2, -0.15) is 4.98 Å². The fourth-order valence-corrected chi connectivity index (χ4v) is 2.11. The van der Waals surface area contributed by atoms with E-state index in [1.807, 2.05) is 0 Å². The van der Waals surface area contributed by atoms with Crippen molar-refractivity contribution in [2.45, 2.75) is 0 Å². The van der Waals surface area contributed by atoms with Crippen LogP contribution in [-0.4, -0.2) is 34.0 Å². The number of rotatable bonds is 2. The molecule has 0 aliphatic rings. The van der Waals surface area contributed by atoms with Crippen LogP contribution in [0.25, 0.3) is 22.4 Å². The first-order valence-electron chi connectivity index (χ1n) is 6.43. The number of hydrogen-bond donors (Lipinski definition) is 2. The third-order valence-corrected chi connectivity index (χ3v) is 3.35. The maximum atomic E-state index is 12.1. The van der Waals surface area contributed by atoms with Crippen LogP contribution in [0, 0.1) is 0 Å². The van der Waals surface area contributed by atoms with Crippen LogP contribution in [0.3, 0.4) is 0 Å². The minimum absolute atomic E-state index is 0.0494. The van der Waals surface area contributed by atoms with Crippen LogP contribution in [0.2, 0.25) is 5.02 Å². The Balaban J connectivity index is 2.29. The summed E-state index contributed by atoms with van der Waals surface area (Å²) >= 11 is 5.84. The highest BCUT2D eigenvalue weighted by molar-refractivity contribution is 6.30. The molecule has 0 bridgehead atoms. The van der Waals surface area contributed by atoms with Crippen LogP contribution in [-0.2, 0) is 0 Å². The summed E-state index contributed by atoms with van der Waals surface area (Å²) in [7, 11) is 3.49. The minimum atomic E-state index is -0.459. The van der Waals surface area contributed by atoms with Gasteiger partial charge in [0.25, 0.3) is 11.1 Å². The molecule has 3 rings (SSSR count). The van der Waals surface area contributed by atoms with Gasteiger partial charge in [-0.25, -0.2) is 4.98 Å². The molecule has 0 atom stereocenters. The van der Waals surface area contributed by atoms with Crippen LogP contribution in [0.15, 0.2) is 33.9 Å². The molecule has 2 heterocycles. The van der Waals surface area contributed by atoms with Gasteiger partial charge in [0.15, 0.2) is 11.2 Å². The zero-order valence-corrected chi connectivity index (χ0v) is 12.6. The molecule has 22 heavy (non-hydrogen) atoms. The maximum Gasteiger partial charge on any atom is 0.278 e. The summed E-state index contributed by atoms with van der Waals surface area (Å²) in [6, 6.07) is 6.70. The Labute approximate surface area is 129 Å². The van der Waals surface area contributed by atoms with Crippen molar-refractivity contribution >= 4 is 28.7 Å². The third-order valence-electron chi connectivity index (χ3n) is 3.10. The minimum Gasteiger partial charge on any atom is -0.348 e. The molecule has 2 aromatic heterocycles. The Morgan fingerprint density at radius 1 is 1.00 bits per heavy atom. The quantitative estimate of drug-likeness (QED) is 0.745. The number of anilines is 1. The second-order valence-corrected chi connectivity index (χ2v) is 5.34. The summed E-state index contributed by atoms with van der Waals surface area (Å²) in [6.07, 6.45) is 0. The lowest BCUT2D eigenvalue weighted by molar-refractivity contribution is 0.985. The number of benzene rings is 1. The zero-order valence-electron chi connectivity index (χ0n) is 11.8. The highest BCUT2D eigenvalue weighted by Gasteiger charge is 2.12. The van der Waals surface area contributed by atoms with Crippen LogP contribution in [0.1, 0.15) is 0 Å². The number of aromatic nitrogens is 4. The van der Waals surface area contributed by atoms with E-state index >= 15 is 0 Å². The first-order valence-corrected chi connectivity index (χ1v) is 6.81. The topological polar surface area (TPSA) is 94.7 Å². The van der Waals surface area contributed by atoms with E-state index in [2.05, 4.69) is 19.9 Å². The summed E-state index contributed by atoms with van der Waals surface area (Å²) in [6.45, 7) is 0. The first-order chi connectivity index (χ1) is 10.5. The van der Waals surface area contributed by atoms with Gasteiger partial charge in [-0.1, -0.05) is 23.7 Å². The molecule has 0 aliphatic heterocycles. The second-order valence-electron chi connectivity index (χ2n) is 4.90. The molecule has 112 valence electrons. The second kappa shape index (κ2) is 5.27. The van der Waals surface area contributed by atoms with Gasteiger partial charge >= 0.3 is 0 Å². The third kappa shape index (κ3) is 2.46. The number of nitrogens with one attached hydrogen (secondary N) is 2. The van der Waals surface area contributed by atoms with Crippen molar-refractivity contribution in [2.75, 3.05) is 19.0 Å². The molecule has 8 heteroatoms. The van der Waals surface area contributed by atoms with Crippen LogP contribution in [0.5, 0.6) is 0 Å². The van der Waals surface area contributed by atoms with E-state index in [0.717, 1.165) is 0 Å². The van der Waals surface area contributed by atoms with Crippen molar-refractivity contribution in [3.8, 4) is 11.3 Å². The number of hydrogen-bond acceptors (Lipinski definition) is 5. The van der Waals surface area contributed by atoms with Crippen LogP contribution < -0.4 is 16.0 Å². The van der Waals surface area contributed by atoms with Gasteiger partial charge in [0.2, 0.25) is 5.95 Å². The summed E-state index contributed by atoms with van der Waals surface area (Å²) in [5, 5.41) is 0.561. The predicted molar refractivity (Wildman–Crippen MR) is 85.6 cm³/mol. The molecule has 1 aromatic carbocycles. The van der Waals surface area contributed by atoms with E-state index in [9.17, 15) is 9.59 Å². The Morgan fingerprint density at radius 3 is 2.32 bits per heavy atom. The van der Waals surface area contributed by atoms with Gasteiger partial charge in [-0.15, -0.1) is 0 Å². The van der Waals surface area contributed by atoms with Gasteiger partial charge < -0.3 is 9.88 Å². The zero-order chi connectivity index (χ0) is 15.9. The van der Waals surface area contributed by atoms with Gasteiger partial charge in [0.05, 0.1) is 0 Å². The van der Waals surface area contributed by atoms with E-state index in [1.54, 1.807) is 43.3 Å². The summed E-state index contributed by atoms with van der Waals surface area (Å²) < 4.78 is 0. The Kier molecular flexibility index (Phi) is 3.42. The maximum absolute atomic E-state index is 12.1. The largest absolute Gasteiger partial charge is 0.348 e. The van der Waals surface area contributed by atoms with E-state index in [4.69, 9.17) is 11.6 Å². The summed E-state index contributed by atoms with van der Waals surface area (Å²) in [5.41, 5.74) is 0.110. The molecule has 7 nitrogen and oxygen atoms in total. The van der Waals surface area contributed by atoms with Crippen LogP contribution in [0.4, 0.5) is 5.95 Å². The SMILES string of the molecule is CN(C)c1nc2nc(-c3ccc(Cl)cc3)c(=O)[nH]c2c(=O)[nH]1. The number of fused-ring (bicyclic) bond motifs is 1. The molecule has 0 spiro atoms. The number of aromatic amines is 2. The van der Waals surface area contributed by atoms with Crippen LogP contribution >= 0.6 is 11.6 Å². The normalized spacial score (nSPS) is 10.9. The fraction of sp³-hybridized carbons (Fsp3) is 0.143. The standard InChI is InChI=1S/C14H12ClN5O2/c1-20(2)14-18-11-10(13(22)19-14)17-12(21)9(16-11)7-3-5-8(15)6-4-7/h3-6H,1-2H3,(H,17,21)(H,16,18,19,22). The van der Waals surface area contributed by atoms with Gasteiger partial charge in [-0.3, -0.25) is 14.6 Å². The van der Waals surface area contributed by atoms with Crippen molar-refractivity contribution in [3.63, 3.8) is 0 Å². The number of nitrogens with zero attached hydrogens (tertiary/aromatic N) is 3. The molecule has 0 saturated heterocycles. The van der Waals surface area contributed by atoms with Crippen molar-refractivity contribution < 1.29 is 0 Å². The molecular formula is C14H12ClN5O2. The van der Waals surface area contributed by atoms with Gasteiger partial charge in [-0.05, 0) is 12.1 Å². The van der Waals surface area contributed by atoms with E-state index in [1.165, 1.54) is 0 Å². The molecule has 0 radical (unpaired) electrons. The smallest absolute Gasteiger partial charge is 0.278 e. The first kappa shape index (κ1) is 14.3. The molecule has 0 amide bonds. The van der Waals surface area contributed by atoms with Gasteiger partial charge in [0, 0.05) is 24.7 Å². The fourth-order valence-electron chi connectivity index (χ4n) is 1.99.